The minimum Gasteiger partial charge on any atom is -0.462 e. The summed E-state index contributed by atoms with van der Waals surface area (Å²) in [5, 5.41) is 10.7. The van der Waals surface area contributed by atoms with Gasteiger partial charge < -0.3 is 33.8 Å². The molecule has 103 heavy (non-hydrogen) atoms. The molecule has 3 unspecified atom stereocenters. The molecule has 19 heteroatoms. The van der Waals surface area contributed by atoms with Crippen LogP contribution in [-0.2, 0) is 65.4 Å². The van der Waals surface area contributed by atoms with Crippen LogP contribution in [0.4, 0.5) is 0 Å². The molecule has 0 saturated heterocycles. The maximum absolute atomic E-state index is 13.1. The summed E-state index contributed by atoms with van der Waals surface area (Å²) in [4.78, 5) is 73.2. The SMILES string of the molecule is CCCCCCCCCCCCCCCCCCCCCC(=O)O[C@H](COC(=O)CCCCCCCCCCCCCCCCCCC)COP(=O)(O)OC[C@@H](O)COP(=O)(O)OC[C@@H](COC(=O)CCCCCCCCC(C)CC)OC(=O)CCCCCCCCCCCCCCCCCCC. The molecule has 17 nitrogen and oxygen atoms in total. The van der Waals surface area contributed by atoms with Crippen LogP contribution in [0.5, 0.6) is 0 Å². The number of carbonyl (C=O) groups excluding carboxylic acids is 4. The minimum absolute atomic E-state index is 0.108. The lowest BCUT2D eigenvalue weighted by Crippen LogP contribution is -2.30. The fourth-order valence-corrected chi connectivity index (χ4v) is 14.7. The van der Waals surface area contributed by atoms with Crippen molar-refractivity contribution in [1.29, 1.82) is 0 Å². The Kier molecular flexibility index (Phi) is 75.4. The van der Waals surface area contributed by atoms with E-state index >= 15 is 0 Å². The van der Waals surface area contributed by atoms with Gasteiger partial charge in [0.2, 0.25) is 0 Å². The van der Waals surface area contributed by atoms with E-state index in [-0.39, 0.29) is 25.7 Å². The van der Waals surface area contributed by atoms with Crippen molar-refractivity contribution in [2.75, 3.05) is 39.6 Å². The van der Waals surface area contributed by atoms with E-state index in [0.29, 0.717) is 25.7 Å². The van der Waals surface area contributed by atoms with Crippen LogP contribution in [0.3, 0.4) is 0 Å². The molecular formula is C84H164O17P2. The quantitative estimate of drug-likeness (QED) is 0.0222. The van der Waals surface area contributed by atoms with Gasteiger partial charge in [0.1, 0.15) is 19.3 Å². The second-order valence-corrected chi connectivity index (χ2v) is 33.4. The van der Waals surface area contributed by atoms with E-state index in [1.165, 1.54) is 270 Å². The van der Waals surface area contributed by atoms with Gasteiger partial charge in [-0.05, 0) is 31.6 Å². The van der Waals surface area contributed by atoms with Crippen molar-refractivity contribution in [2.45, 2.75) is 470 Å². The number of esters is 4. The van der Waals surface area contributed by atoms with E-state index < -0.39 is 97.5 Å². The third kappa shape index (κ3) is 76.6. The first-order chi connectivity index (χ1) is 50.1. The van der Waals surface area contributed by atoms with Crippen molar-refractivity contribution in [3.63, 3.8) is 0 Å². The standard InChI is InChI=1S/C84H164O17P2/c1-6-10-13-16-19-22-25-28-31-34-35-38-41-44-47-50-53-60-64-69-83(88)100-79(73-94-81(86)67-62-57-51-48-45-42-39-36-32-29-26-23-20-17-14-11-7-2)75-98-102(90,91)96-71-78(85)72-97-103(92,93)99-76-80(74-95-82(87)68-63-58-55-54-56-61-66-77(5)9-4)101-84(89)70-65-59-52-49-46-43-40-37-33-30-27-24-21-18-15-12-8-3/h77-80,85H,6-76H2,1-5H3,(H,90,91)(H,92,93)/t77?,78-,79-,80-/m1/s1. The van der Waals surface area contributed by atoms with E-state index in [9.17, 15) is 43.2 Å². The third-order valence-electron chi connectivity index (χ3n) is 20.1. The average molecular weight is 1510 g/mol. The van der Waals surface area contributed by atoms with Gasteiger partial charge in [0.05, 0.1) is 26.4 Å². The third-order valence-corrected chi connectivity index (χ3v) is 22.0. The number of carbonyl (C=O) groups is 4. The lowest BCUT2D eigenvalue weighted by Gasteiger charge is -2.21. The van der Waals surface area contributed by atoms with Crippen molar-refractivity contribution in [1.82, 2.24) is 0 Å². The molecule has 0 heterocycles. The van der Waals surface area contributed by atoms with E-state index in [1.807, 2.05) is 0 Å². The van der Waals surface area contributed by atoms with Gasteiger partial charge in [0.15, 0.2) is 12.2 Å². The zero-order chi connectivity index (χ0) is 75.5. The monoisotopic (exact) mass is 1510 g/mol. The van der Waals surface area contributed by atoms with Gasteiger partial charge in [-0.25, -0.2) is 9.13 Å². The number of unbranched alkanes of at least 4 members (excludes halogenated alkanes) is 55. The highest BCUT2D eigenvalue weighted by molar-refractivity contribution is 7.47. The summed E-state index contributed by atoms with van der Waals surface area (Å²) in [6.45, 7) is 7.32. The molecular weight excluding hydrogens is 1340 g/mol. The predicted molar refractivity (Wildman–Crippen MR) is 423 cm³/mol. The van der Waals surface area contributed by atoms with Gasteiger partial charge in [-0.3, -0.25) is 37.3 Å². The number of rotatable bonds is 84. The molecule has 0 amide bonds. The summed E-state index contributed by atoms with van der Waals surface area (Å²) in [5.41, 5.74) is 0. The number of aliphatic hydroxyl groups is 1. The molecule has 612 valence electrons. The Morgan fingerprint density at radius 1 is 0.272 bits per heavy atom. The number of aliphatic hydroxyl groups excluding tert-OH is 1. The van der Waals surface area contributed by atoms with Gasteiger partial charge in [0, 0.05) is 25.7 Å². The fraction of sp³-hybridized carbons (Fsp3) is 0.952. The Balaban J connectivity index is 5.23. The second-order valence-electron chi connectivity index (χ2n) is 30.5. The minimum atomic E-state index is -4.96. The molecule has 0 spiro atoms. The lowest BCUT2D eigenvalue weighted by atomic mass is 10.00. The highest BCUT2D eigenvalue weighted by Crippen LogP contribution is 2.45. The Bertz CT molecular complexity index is 1960. The summed E-state index contributed by atoms with van der Waals surface area (Å²) in [7, 11) is -9.92. The lowest BCUT2D eigenvalue weighted by molar-refractivity contribution is -0.161. The first-order valence-electron chi connectivity index (χ1n) is 43.7. The largest absolute Gasteiger partial charge is 0.472 e. The summed E-state index contributed by atoms with van der Waals surface area (Å²) in [5.74, 6) is -1.37. The van der Waals surface area contributed by atoms with Crippen LogP contribution >= 0.6 is 15.6 Å². The number of phosphoric ester groups is 2. The van der Waals surface area contributed by atoms with E-state index in [2.05, 4.69) is 34.6 Å². The first kappa shape index (κ1) is 101. The van der Waals surface area contributed by atoms with E-state index in [4.69, 9.17) is 37.0 Å². The average Bonchev–Trinajstić information content (AvgIpc) is 0.930. The number of phosphoric acid groups is 2. The summed E-state index contributed by atoms with van der Waals surface area (Å²) >= 11 is 0. The highest BCUT2D eigenvalue weighted by atomic mass is 31.2. The molecule has 0 radical (unpaired) electrons. The molecule has 0 rings (SSSR count). The van der Waals surface area contributed by atoms with E-state index in [1.54, 1.807) is 0 Å². The number of ether oxygens (including phenoxy) is 4. The van der Waals surface area contributed by atoms with Gasteiger partial charge in [0.25, 0.3) is 0 Å². The molecule has 6 atom stereocenters. The first-order valence-corrected chi connectivity index (χ1v) is 46.7. The van der Waals surface area contributed by atoms with Gasteiger partial charge in [-0.15, -0.1) is 0 Å². The second kappa shape index (κ2) is 76.8. The predicted octanol–water partition coefficient (Wildman–Crippen LogP) is 25.6. The molecule has 0 bridgehead atoms. The van der Waals surface area contributed by atoms with Crippen molar-refractivity contribution < 1.29 is 80.2 Å². The molecule has 0 aliphatic carbocycles. The molecule has 0 aromatic carbocycles. The van der Waals surface area contributed by atoms with Gasteiger partial charge in [-0.2, -0.15) is 0 Å². The maximum Gasteiger partial charge on any atom is 0.472 e. The van der Waals surface area contributed by atoms with E-state index in [0.717, 1.165) is 102 Å². The maximum atomic E-state index is 13.1. The molecule has 3 N–H and O–H groups in total. The normalized spacial score (nSPS) is 14.1. The molecule has 0 aromatic heterocycles. The summed E-state index contributed by atoms with van der Waals surface area (Å²) in [6.07, 6.45) is 69.4. The Morgan fingerprint density at radius 3 is 0.689 bits per heavy atom. The van der Waals surface area contributed by atoms with Crippen LogP contribution in [0.2, 0.25) is 0 Å². The zero-order valence-electron chi connectivity index (χ0n) is 67.5. The van der Waals surface area contributed by atoms with Crippen molar-refractivity contribution in [3.05, 3.63) is 0 Å². The number of hydrogen-bond donors (Lipinski definition) is 3. The summed E-state index contributed by atoms with van der Waals surface area (Å²) < 4.78 is 68.8. The zero-order valence-corrected chi connectivity index (χ0v) is 69.3. The van der Waals surface area contributed by atoms with Gasteiger partial charge >= 0.3 is 39.5 Å². The topological polar surface area (TPSA) is 237 Å². The molecule has 0 fully saturated rings. The van der Waals surface area contributed by atoms with Crippen LogP contribution in [0.25, 0.3) is 0 Å². The highest BCUT2D eigenvalue weighted by Gasteiger charge is 2.30. The molecule has 0 aliphatic heterocycles. The number of hydrogen-bond acceptors (Lipinski definition) is 15. The van der Waals surface area contributed by atoms with Crippen LogP contribution < -0.4 is 0 Å². The van der Waals surface area contributed by atoms with Crippen molar-refractivity contribution in [3.8, 4) is 0 Å². The van der Waals surface area contributed by atoms with Crippen LogP contribution in [0, 0.1) is 5.92 Å². The Labute approximate surface area is 632 Å². The molecule has 0 aromatic rings. The fourth-order valence-electron chi connectivity index (χ4n) is 13.1. The van der Waals surface area contributed by atoms with Crippen molar-refractivity contribution in [2.24, 2.45) is 5.92 Å². The Morgan fingerprint density at radius 2 is 0.466 bits per heavy atom. The molecule has 0 aliphatic rings. The van der Waals surface area contributed by atoms with Gasteiger partial charge in [-0.1, -0.05) is 401 Å². The molecule has 0 saturated carbocycles. The van der Waals surface area contributed by atoms with Crippen molar-refractivity contribution >= 4 is 39.5 Å². The van der Waals surface area contributed by atoms with Crippen LogP contribution in [-0.4, -0.2) is 96.7 Å². The smallest absolute Gasteiger partial charge is 0.462 e. The Hall–Kier alpha value is -1.94. The van der Waals surface area contributed by atoms with Crippen LogP contribution in [0.1, 0.15) is 452 Å². The van der Waals surface area contributed by atoms with Crippen LogP contribution in [0.15, 0.2) is 0 Å². The summed E-state index contributed by atoms with van der Waals surface area (Å²) in [6, 6.07) is 0.